The fourth-order valence-corrected chi connectivity index (χ4v) is 4.39. The molecule has 1 fully saturated rings. The van der Waals surface area contributed by atoms with Crippen LogP contribution in [0.4, 0.5) is 19.2 Å². The molecule has 182 valence electrons. The molecule has 2 aromatic carbocycles. The number of halogens is 4. The number of aryl methyl sites for hydroxylation is 1. The van der Waals surface area contributed by atoms with Gasteiger partial charge in [0.15, 0.2) is 5.58 Å². The van der Waals surface area contributed by atoms with Gasteiger partial charge in [-0.2, -0.15) is 33.1 Å². The van der Waals surface area contributed by atoms with Crippen LogP contribution in [-0.2, 0) is 0 Å². The number of amides is 1. The van der Waals surface area contributed by atoms with Crippen LogP contribution in [0.5, 0.6) is 0 Å². The quantitative estimate of drug-likeness (QED) is 0.404. The average molecular weight is 505 g/mol. The lowest BCUT2D eigenvalue weighted by molar-refractivity contribution is -0.176. The molecule has 0 radical (unpaired) electrons. The Morgan fingerprint density at radius 1 is 1.09 bits per heavy atom. The summed E-state index contributed by atoms with van der Waals surface area (Å²) in [6.45, 7) is 1.71. The van der Waals surface area contributed by atoms with E-state index in [1.54, 1.807) is 48.2 Å². The maximum Gasteiger partial charge on any atom is 0.408 e. The second kappa shape index (κ2) is 8.88. The Bertz CT molecular complexity index is 1370. The highest BCUT2D eigenvalue weighted by Gasteiger charge is 2.47. The van der Waals surface area contributed by atoms with Crippen molar-refractivity contribution in [1.29, 1.82) is 0 Å². The zero-order valence-corrected chi connectivity index (χ0v) is 19.3. The van der Waals surface area contributed by atoms with Crippen molar-refractivity contribution < 1.29 is 22.4 Å². The molecule has 0 unspecified atom stereocenters. The van der Waals surface area contributed by atoms with Crippen LogP contribution in [0.15, 0.2) is 53.2 Å². The van der Waals surface area contributed by atoms with E-state index in [1.165, 1.54) is 17.2 Å². The number of carbonyl (C=O) groups is 1. The van der Waals surface area contributed by atoms with Gasteiger partial charge in [0, 0.05) is 24.7 Å². The number of carbonyl (C=O) groups excluding carboxylic acids is 1. The van der Waals surface area contributed by atoms with Crippen molar-refractivity contribution in [1.82, 2.24) is 24.9 Å². The number of anilines is 1. The van der Waals surface area contributed by atoms with Crippen LogP contribution >= 0.6 is 11.6 Å². The van der Waals surface area contributed by atoms with Gasteiger partial charge >= 0.3 is 6.18 Å². The van der Waals surface area contributed by atoms with Crippen LogP contribution in [0, 0.1) is 6.92 Å². The Morgan fingerprint density at radius 2 is 1.86 bits per heavy atom. The van der Waals surface area contributed by atoms with Crippen LogP contribution in [0.2, 0.25) is 5.02 Å². The van der Waals surface area contributed by atoms with Crippen molar-refractivity contribution in [3.63, 3.8) is 0 Å². The van der Waals surface area contributed by atoms with Gasteiger partial charge in [0.1, 0.15) is 11.6 Å². The Kier molecular flexibility index (Phi) is 5.87. The van der Waals surface area contributed by atoms with E-state index < -0.39 is 18.1 Å². The highest BCUT2D eigenvalue weighted by molar-refractivity contribution is 6.31. The monoisotopic (exact) mass is 504 g/mol. The van der Waals surface area contributed by atoms with Crippen molar-refractivity contribution in [2.24, 2.45) is 0 Å². The minimum Gasteiger partial charge on any atom is -0.423 e. The molecule has 4 aromatic rings. The first-order valence-electron chi connectivity index (χ1n) is 10.9. The summed E-state index contributed by atoms with van der Waals surface area (Å²) in [7, 11) is 0. The maximum atomic E-state index is 14.1. The molecular formula is C23H20ClF3N6O2. The molecule has 8 nitrogen and oxygen atoms in total. The van der Waals surface area contributed by atoms with E-state index in [0.29, 0.717) is 21.8 Å². The van der Waals surface area contributed by atoms with E-state index in [0.717, 1.165) is 10.5 Å². The van der Waals surface area contributed by atoms with Crippen molar-refractivity contribution in [3.05, 3.63) is 64.9 Å². The SMILES string of the molecule is Cc1ccc(-n2nccn2)c(C(=O)N2CCN(c3nc4cc(Cl)ccc4o3)CC[C@H]2C(F)(F)F)c1. The Hall–Kier alpha value is -3.60. The standard InChI is InChI=1S/C23H20ClF3N6O2/c1-14-2-4-18(33-28-7-8-29-33)16(12-14)21(34)32-11-10-31(9-6-20(32)23(25,26)27)22-30-17-13-15(24)3-5-19(17)35-22/h2-5,7-8,12-13,20H,6,9-11H2,1H3/t20-/m0/s1. The van der Waals surface area contributed by atoms with Crippen molar-refractivity contribution in [3.8, 4) is 5.69 Å². The number of alkyl halides is 3. The molecule has 2 aromatic heterocycles. The summed E-state index contributed by atoms with van der Waals surface area (Å²) in [5.74, 6) is -0.741. The largest absolute Gasteiger partial charge is 0.423 e. The molecule has 0 saturated carbocycles. The number of aromatic nitrogens is 4. The molecule has 5 rings (SSSR count). The molecule has 0 bridgehead atoms. The second-order valence-electron chi connectivity index (χ2n) is 8.28. The molecule has 0 N–H and O–H groups in total. The highest BCUT2D eigenvalue weighted by Crippen LogP contribution is 2.33. The zero-order valence-electron chi connectivity index (χ0n) is 18.5. The topological polar surface area (TPSA) is 80.3 Å². The Balaban J connectivity index is 1.48. The van der Waals surface area contributed by atoms with Gasteiger partial charge < -0.3 is 14.2 Å². The number of rotatable bonds is 3. The first-order valence-corrected chi connectivity index (χ1v) is 11.2. The third-order valence-electron chi connectivity index (χ3n) is 5.92. The van der Waals surface area contributed by atoms with Gasteiger partial charge in [0.05, 0.1) is 23.6 Å². The molecule has 1 aliphatic rings. The number of oxazole rings is 1. The Morgan fingerprint density at radius 3 is 2.60 bits per heavy atom. The summed E-state index contributed by atoms with van der Waals surface area (Å²) in [5.41, 5.74) is 2.12. The van der Waals surface area contributed by atoms with E-state index in [2.05, 4.69) is 15.2 Å². The van der Waals surface area contributed by atoms with E-state index in [-0.39, 0.29) is 37.6 Å². The summed E-state index contributed by atoms with van der Waals surface area (Å²) < 4.78 is 48.2. The minimum absolute atomic E-state index is 0.00982. The number of hydrogen-bond acceptors (Lipinski definition) is 6. The van der Waals surface area contributed by atoms with Gasteiger partial charge in [-0.3, -0.25) is 4.79 Å². The van der Waals surface area contributed by atoms with Crippen LogP contribution in [0.1, 0.15) is 22.3 Å². The van der Waals surface area contributed by atoms with Crippen molar-refractivity contribution >= 4 is 34.6 Å². The summed E-state index contributed by atoms with van der Waals surface area (Å²) in [6, 6.07) is 8.07. The number of fused-ring (bicyclic) bond motifs is 1. The molecule has 0 aliphatic carbocycles. The summed E-state index contributed by atoms with van der Waals surface area (Å²) in [5, 5.41) is 8.56. The van der Waals surface area contributed by atoms with Crippen molar-refractivity contribution in [2.45, 2.75) is 25.6 Å². The first kappa shape index (κ1) is 23.2. The second-order valence-corrected chi connectivity index (χ2v) is 8.72. The van der Waals surface area contributed by atoms with E-state index in [9.17, 15) is 18.0 Å². The van der Waals surface area contributed by atoms with Gasteiger partial charge in [-0.05, 0) is 43.7 Å². The van der Waals surface area contributed by atoms with Crippen LogP contribution in [-0.4, -0.2) is 62.6 Å². The highest BCUT2D eigenvalue weighted by atomic mass is 35.5. The van der Waals surface area contributed by atoms with Gasteiger partial charge in [-0.1, -0.05) is 23.2 Å². The molecule has 12 heteroatoms. The lowest BCUT2D eigenvalue weighted by atomic mass is 10.1. The van der Waals surface area contributed by atoms with E-state index in [4.69, 9.17) is 16.0 Å². The number of nitrogens with zero attached hydrogens (tertiary/aromatic N) is 6. The fourth-order valence-electron chi connectivity index (χ4n) is 4.22. The molecule has 1 saturated heterocycles. The smallest absolute Gasteiger partial charge is 0.408 e. The average Bonchev–Trinajstić information content (AvgIpc) is 3.42. The predicted molar refractivity (Wildman–Crippen MR) is 123 cm³/mol. The van der Waals surface area contributed by atoms with Gasteiger partial charge in [-0.25, -0.2) is 0 Å². The zero-order chi connectivity index (χ0) is 24.7. The third-order valence-corrected chi connectivity index (χ3v) is 6.16. The van der Waals surface area contributed by atoms with Crippen LogP contribution in [0.3, 0.4) is 0 Å². The predicted octanol–water partition coefficient (Wildman–Crippen LogP) is 4.65. The molecule has 35 heavy (non-hydrogen) atoms. The van der Waals surface area contributed by atoms with Gasteiger partial charge in [0.2, 0.25) is 0 Å². The van der Waals surface area contributed by atoms with E-state index in [1.807, 2.05) is 0 Å². The van der Waals surface area contributed by atoms with Gasteiger partial charge in [-0.15, -0.1) is 0 Å². The lowest BCUT2D eigenvalue weighted by Crippen LogP contribution is -2.49. The van der Waals surface area contributed by atoms with Gasteiger partial charge in [0.25, 0.3) is 11.9 Å². The maximum absolute atomic E-state index is 14.1. The van der Waals surface area contributed by atoms with E-state index >= 15 is 0 Å². The normalized spacial score (nSPS) is 17.1. The Labute approximate surface area is 202 Å². The fraction of sp³-hybridized carbons (Fsp3) is 0.304. The van der Waals surface area contributed by atoms with Crippen LogP contribution in [0.25, 0.3) is 16.8 Å². The van der Waals surface area contributed by atoms with Crippen LogP contribution < -0.4 is 4.90 Å². The third kappa shape index (κ3) is 4.55. The molecule has 3 heterocycles. The summed E-state index contributed by atoms with van der Waals surface area (Å²) >= 11 is 6.01. The molecule has 1 aliphatic heterocycles. The number of benzene rings is 2. The first-order chi connectivity index (χ1) is 16.7. The minimum atomic E-state index is -4.62. The molecule has 0 spiro atoms. The summed E-state index contributed by atoms with van der Waals surface area (Å²) in [4.78, 5) is 21.7. The summed E-state index contributed by atoms with van der Waals surface area (Å²) in [6.07, 6.45) is -2.09. The lowest BCUT2D eigenvalue weighted by Gasteiger charge is -2.31. The molecule has 1 atom stereocenters. The molecule has 1 amide bonds. The number of hydrogen-bond donors (Lipinski definition) is 0. The molecular weight excluding hydrogens is 485 g/mol. The van der Waals surface area contributed by atoms with Crippen molar-refractivity contribution in [2.75, 3.05) is 24.5 Å².